The number of hydrogen-bond acceptors (Lipinski definition) is 4. The smallest absolute Gasteiger partial charge is 0.407 e. The molecule has 0 spiro atoms. The average molecular weight is 452 g/mol. The molecule has 1 aromatic rings. The van der Waals surface area contributed by atoms with Gasteiger partial charge in [-0.05, 0) is 85.0 Å². The number of unbranched alkanes of at least 4 members (excludes halogenated alkanes) is 1. The van der Waals surface area contributed by atoms with E-state index in [1.54, 1.807) is 0 Å². The summed E-state index contributed by atoms with van der Waals surface area (Å²) in [5.74, 6) is 1.31. The Balaban J connectivity index is 1.47. The minimum absolute atomic E-state index is 0.0743. The number of ether oxygens (including phenoxy) is 2. The molecule has 6 heteroatoms. The molecule has 0 unspecified atom stereocenters. The number of ketones is 1. The molecule has 0 bridgehead atoms. The van der Waals surface area contributed by atoms with Crippen molar-refractivity contribution in [2.24, 2.45) is 11.8 Å². The molecule has 28 heavy (non-hydrogen) atoms. The van der Waals surface area contributed by atoms with Crippen molar-refractivity contribution in [3.63, 3.8) is 0 Å². The summed E-state index contributed by atoms with van der Waals surface area (Å²) in [6, 6.07) is 4.09. The van der Waals surface area contributed by atoms with Crippen molar-refractivity contribution in [2.75, 3.05) is 13.2 Å². The molecule has 1 N–H and O–H groups in total. The zero-order valence-corrected chi connectivity index (χ0v) is 18.3. The lowest BCUT2D eigenvalue weighted by molar-refractivity contribution is 0.0782. The number of alkyl carbamates (subject to hydrolysis) is 1. The van der Waals surface area contributed by atoms with Gasteiger partial charge in [0.1, 0.15) is 5.75 Å². The van der Waals surface area contributed by atoms with Crippen LogP contribution in [0.25, 0.3) is 0 Å². The van der Waals surface area contributed by atoms with Crippen LogP contribution in [0.15, 0.2) is 16.6 Å². The van der Waals surface area contributed by atoms with Crippen molar-refractivity contribution in [1.82, 2.24) is 5.32 Å². The lowest BCUT2D eigenvalue weighted by Crippen LogP contribution is -2.39. The van der Waals surface area contributed by atoms with E-state index in [9.17, 15) is 9.59 Å². The number of nitrogens with one attached hydrogen (secondary N) is 1. The summed E-state index contributed by atoms with van der Waals surface area (Å²) < 4.78 is 12.0. The van der Waals surface area contributed by atoms with Gasteiger partial charge in [-0.3, -0.25) is 4.79 Å². The summed E-state index contributed by atoms with van der Waals surface area (Å²) in [6.45, 7) is 5.00. The van der Waals surface area contributed by atoms with E-state index < -0.39 is 0 Å². The summed E-state index contributed by atoms with van der Waals surface area (Å²) in [6.07, 6.45) is 6.40. The van der Waals surface area contributed by atoms with Crippen LogP contribution in [0, 0.1) is 18.8 Å². The third-order valence-electron chi connectivity index (χ3n) is 5.77. The van der Waals surface area contributed by atoms with Crippen molar-refractivity contribution < 1.29 is 19.1 Å². The number of fused-ring (bicyclic) bond motifs is 1. The Morgan fingerprint density at radius 1 is 1.29 bits per heavy atom. The minimum atomic E-state index is -0.301. The molecule has 1 heterocycles. The van der Waals surface area contributed by atoms with Gasteiger partial charge in [0.05, 0.1) is 29.2 Å². The second-order valence-electron chi connectivity index (χ2n) is 8.08. The quantitative estimate of drug-likeness (QED) is 0.585. The molecule has 1 saturated carbocycles. The van der Waals surface area contributed by atoms with E-state index in [4.69, 9.17) is 9.47 Å². The SMILES string of the molecule is CCCCOC(=O)NC1CCC(C[C@H]2COc3c(Br)cc(C)cc3C2=O)CC1. The number of carbonyl (C=O) groups excluding carboxylic acids is 2. The molecule has 2 aliphatic rings. The molecule has 1 aromatic carbocycles. The van der Waals surface area contributed by atoms with Crippen LogP contribution in [0.4, 0.5) is 4.79 Å². The van der Waals surface area contributed by atoms with E-state index in [1.165, 1.54) is 0 Å². The fraction of sp³-hybridized carbons (Fsp3) is 0.636. The maximum absolute atomic E-state index is 13.0. The molecular formula is C22H30BrNO4. The second-order valence-corrected chi connectivity index (χ2v) is 8.94. The van der Waals surface area contributed by atoms with Gasteiger partial charge in [0.25, 0.3) is 0 Å². The standard InChI is InChI=1S/C22H30BrNO4/c1-3-4-9-27-22(26)24-17-7-5-15(6-8-17)12-16-13-28-21-18(20(16)25)10-14(2)11-19(21)23/h10-11,15-17H,3-9,12-13H2,1-2H3,(H,24,26)/t15?,16-,17?/m0/s1. The Morgan fingerprint density at radius 3 is 2.75 bits per heavy atom. The molecule has 154 valence electrons. The molecule has 1 fully saturated rings. The third-order valence-corrected chi connectivity index (χ3v) is 6.36. The highest BCUT2D eigenvalue weighted by Gasteiger charge is 2.33. The fourth-order valence-corrected chi connectivity index (χ4v) is 4.86. The monoisotopic (exact) mass is 451 g/mol. The molecule has 0 saturated heterocycles. The Bertz CT molecular complexity index is 713. The minimum Gasteiger partial charge on any atom is -0.491 e. The molecule has 1 amide bonds. The van der Waals surface area contributed by atoms with Crippen LogP contribution < -0.4 is 10.1 Å². The maximum atomic E-state index is 13.0. The van der Waals surface area contributed by atoms with Gasteiger partial charge < -0.3 is 14.8 Å². The van der Waals surface area contributed by atoms with Gasteiger partial charge in [-0.1, -0.05) is 13.3 Å². The van der Waals surface area contributed by atoms with E-state index in [2.05, 4.69) is 28.2 Å². The van der Waals surface area contributed by atoms with E-state index in [0.29, 0.717) is 30.4 Å². The lowest BCUT2D eigenvalue weighted by atomic mass is 9.78. The van der Waals surface area contributed by atoms with Crippen molar-refractivity contribution in [1.29, 1.82) is 0 Å². The predicted octanol–water partition coefficient (Wildman–Crippen LogP) is 5.42. The lowest BCUT2D eigenvalue weighted by Gasteiger charge is -2.32. The van der Waals surface area contributed by atoms with E-state index in [0.717, 1.165) is 55.0 Å². The van der Waals surface area contributed by atoms with Crippen molar-refractivity contribution in [3.05, 3.63) is 27.7 Å². The summed E-state index contributed by atoms with van der Waals surface area (Å²) in [5, 5.41) is 2.98. The highest BCUT2D eigenvalue weighted by Crippen LogP contribution is 2.38. The normalized spacial score (nSPS) is 24.2. The average Bonchev–Trinajstić information content (AvgIpc) is 2.66. The molecule has 1 aliphatic heterocycles. The number of halogens is 1. The first-order chi connectivity index (χ1) is 13.5. The zero-order chi connectivity index (χ0) is 20.1. The van der Waals surface area contributed by atoms with Gasteiger partial charge in [0.2, 0.25) is 0 Å². The maximum Gasteiger partial charge on any atom is 0.407 e. The van der Waals surface area contributed by atoms with Crippen LogP contribution in [0.3, 0.4) is 0 Å². The van der Waals surface area contributed by atoms with Crippen molar-refractivity contribution in [3.8, 4) is 5.75 Å². The zero-order valence-electron chi connectivity index (χ0n) is 16.8. The molecule has 3 rings (SSSR count). The molecule has 5 nitrogen and oxygen atoms in total. The second kappa shape index (κ2) is 9.77. The number of amides is 1. The molecule has 1 atom stereocenters. The molecule has 0 aromatic heterocycles. The van der Waals surface area contributed by atoms with Gasteiger partial charge in [0, 0.05) is 6.04 Å². The Hall–Kier alpha value is -1.56. The fourth-order valence-electron chi connectivity index (χ4n) is 4.18. The topological polar surface area (TPSA) is 64.6 Å². The van der Waals surface area contributed by atoms with E-state index in [-0.39, 0.29) is 23.8 Å². The Morgan fingerprint density at radius 2 is 2.04 bits per heavy atom. The first-order valence-electron chi connectivity index (χ1n) is 10.4. The van der Waals surface area contributed by atoms with Gasteiger partial charge in [-0.25, -0.2) is 4.79 Å². The summed E-state index contributed by atoms with van der Waals surface area (Å²) in [4.78, 5) is 24.8. The number of aryl methyl sites for hydroxylation is 1. The van der Waals surface area contributed by atoms with Crippen LogP contribution in [0.5, 0.6) is 5.75 Å². The van der Waals surface area contributed by atoms with E-state index in [1.807, 2.05) is 19.1 Å². The Labute approximate surface area is 175 Å². The summed E-state index contributed by atoms with van der Waals surface area (Å²) >= 11 is 3.50. The number of benzene rings is 1. The van der Waals surface area contributed by atoms with Gasteiger partial charge in [-0.2, -0.15) is 0 Å². The number of carbonyl (C=O) groups is 2. The number of Topliss-reactive ketones (excluding diaryl/α,β-unsaturated/α-hetero) is 1. The van der Waals surface area contributed by atoms with Crippen LogP contribution in [-0.2, 0) is 4.74 Å². The number of hydrogen-bond donors (Lipinski definition) is 1. The molecule has 0 radical (unpaired) electrons. The highest BCUT2D eigenvalue weighted by molar-refractivity contribution is 9.10. The van der Waals surface area contributed by atoms with Crippen LogP contribution in [0.2, 0.25) is 0 Å². The van der Waals surface area contributed by atoms with Crippen molar-refractivity contribution in [2.45, 2.75) is 64.8 Å². The van der Waals surface area contributed by atoms with Gasteiger partial charge in [-0.15, -0.1) is 0 Å². The predicted molar refractivity (Wildman–Crippen MR) is 112 cm³/mol. The first kappa shape index (κ1) is 21.2. The molecular weight excluding hydrogens is 422 g/mol. The van der Waals surface area contributed by atoms with Crippen molar-refractivity contribution >= 4 is 27.8 Å². The third kappa shape index (κ3) is 5.28. The van der Waals surface area contributed by atoms with Gasteiger partial charge in [0.15, 0.2) is 5.78 Å². The number of rotatable bonds is 6. The Kier molecular flexibility index (Phi) is 7.38. The van der Waals surface area contributed by atoms with Crippen LogP contribution >= 0.6 is 15.9 Å². The molecule has 1 aliphatic carbocycles. The summed E-state index contributed by atoms with van der Waals surface area (Å²) in [7, 11) is 0. The van der Waals surface area contributed by atoms with E-state index >= 15 is 0 Å². The summed E-state index contributed by atoms with van der Waals surface area (Å²) in [5.41, 5.74) is 1.76. The highest BCUT2D eigenvalue weighted by atomic mass is 79.9. The van der Waals surface area contributed by atoms with Crippen LogP contribution in [-0.4, -0.2) is 31.1 Å². The van der Waals surface area contributed by atoms with Gasteiger partial charge >= 0.3 is 6.09 Å². The van der Waals surface area contributed by atoms with Crippen LogP contribution in [0.1, 0.15) is 67.8 Å². The largest absolute Gasteiger partial charge is 0.491 e. The first-order valence-corrected chi connectivity index (χ1v) is 11.2.